The van der Waals surface area contributed by atoms with E-state index in [-0.39, 0.29) is 18.4 Å². The Labute approximate surface area is 174 Å². The van der Waals surface area contributed by atoms with Crippen LogP contribution in [0.25, 0.3) is 10.9 Å². The van der Waals surface area contributed by atoms with Crippen LogP contribution < -0.4 is 17.1 Å². The molecule has 5 heteroatoms. The Bertz CT molecular complexity index is 856. The number of hydrogen-bond acceptors (Lipinski definition) is 3. The topological polar surface area (TPSA) is 42.4 Å². The van der Waals surface area contributed by atoms with Gasteiger partial charge in [-0.15, -0.1) is 6.58 Å². The molecule has 152 valence electrons. The first-order chi connectivity index (χ1) is 13.0. The zero-order valence-electron chi connectivity index (χ0n) is 17.0. The summed E-state index contributed by atoms with van der Waals surface area (Å²) in [5.41, 5.74) is 1.88. The van der Waals surface area contributed by atoms with Gasteiger partial charge in [0.2, 0.25) is 0 Å². The molecule has 3 fully saturated rings. The summed E-state index contributed by atoms with van der Waals surface area (Å²) in [4.78, 5) is 4.49. The summed E-state index contributed by atoms with van der Waals surface area (Å²) in [7, 11) is 1.67. The number of methoxy groups -OCH3 is 1. The Balaban J connectivity index is 0.00000225. The van der Waals surface area contributed by atoms with Crippen molar-refractivity contribution in [2.45, 2.75) is 44.9 Å². The first kappa shape index (κ1) is 21.1. The molecular weight excluding hydrogens is 372 g/mol. The predicted molar refractivity (Wildman–Crippen MR) is 109 cm³/mol. The normalized spacial score (nSPS) is 30.1. The third-order valence-electron chi connectivity index (χ3n) is 7.27. The first-order valence-electron chi connectivity index (χ1n) is 10.1. The monoisotopic (exact) mass is 402 g/mol. The van der Waals surface area contributed by atoms with Gasteiger partial charge in [0.15, 0.2) is 0 Å². The van der Waals surface area contributed by atoms with Crippen molar-refractivity contribution in [2.24, 2.45) is 11.8 Å². The minimum atomic E-state index is -0.501. The van der Waals surface area contributed by atoms with Gasteiger partial charge in [0.1, 0.15) is 17.9 Å². The van der Waals surface area contributed by atoms with E-state index in [1.807, 2.05) is 30.5 Å². The van der Waals surface area contributed by atoms with Crippen LogP contribution in [-0.4, -0.2) is 46.9 Å². The highest BCUT2D eigenvalue weighted by Crippen LogP contribution is 2.48. The number of piperidine rings is 3. The number of pyridine rings is 1. The number of aromatic nitrogens is 1. The van der Waals surface area contributed by atoms with E-state index >= 15 is 0 Å². The van der Waals surface area contributed by atoms with Crippen molar-refractivity contribution in [1.82, 2.24) is 4.98 Å². The van der Waals surface area contributed by atoms with Gasteiger partial charge in [-0.3, -0.25) is 4.98 Å². The summed E-state index contributed by atoms with van der Waals surface area (Å²) in [5.74, 6) is 2.01. The van der Waals surface area contributed by atoms with E-state index in [1.165, 1.54) is 6.42 Å². The van der Waals surface area contributed by atoms with Crippen molar-refractivity contribution in [1.29, 1.82) is 0 Å². The SMILES string of the molecule is C=CC1C[N+]2(C(C)C)CCC1C[C@H]2[C@@H](O)c1ccnc2ccc(OC)cc12.[Cl-]. The lowest BCUT2D eigenvalue weighted by atomic mass is 9.70. The fourth-order valence-electron chi connectivity index (χ4n) is 5.63. The first-order valence-corrected chi connectivity index (χ1v) is 10.1. The Morgan fingerprint density at radius 2 is 2.11 bits per heavy atom. The van der Waals surface area contributed by atoms with E-state index in [9.17, 15) is 5.11 Å². The highest BCUT2D eigenvalue weighted by molar-refractivity contribution is 5.83. The highest BCUT2D eigenvalue weighted by atomic mass is 35.5. The van der Waals surface area contributed by atoms with E-state index in [1.54, 1.807) is 7.11 Å². The maximum atomic E-state index is 11.6. The average molecular weight is 403 g/mol. The average Bonchev–Trinajstić information content (AvgIpc) is 2.72. The second-order valence-corrected chi connectivity index (χ2v) is 8.58. The number of rotatable bonds is 5. The van der Waals surface area contributed by atoms with Crippen molar-refractivity contribution in [3.63, 3.8) is 0 Å². The van der Waals surface area contributed by atoms with Crippen LogP contribution in [-0.2, 0) is 0 Å². The van der Waals surface area contributed by atoms with Gasteiger partial charge in [-0.05, 0) is 49.6 Å². The van der Waals surface area contributed by atoms with Crippen LogP contribution in [0.1, 0.15) is 38.4 Å². The molecule has 0 saturated carbocycles. The summed E-state index contributed by atoms with van der Waals surface area (Å²) >= 11 is 0. The van der Waals surface area contributed by atoms with Crippen molar-refractivity contribution in [3.8, 4) is 5.75 Å². The van der Waals surface area contributed by atoms with Crippen molar-refractivity contribution < 1.29 is 26.7 Å². The van der Waals surface area contributed by atoms with Crippen LogP contribution in [0, 0.1) is 11.8 Å². The molecule has 0 aliphatic carbocycles. The van der Waals surface area contributed by atoms with Crippen LogP contribution >= 0.6 is 0 Å². The van der Waals surface area contributed by atoms with Crippen LogP contribution in [0.15, 0.2) is 43.1 Å². The van der Waals surface area contributed by atoms with E-state index in [4.69, 9.17) is 4.74 Å². The Morgan fingerprint density at radius 3 is 2.79 bits per heavy atom. The molecule has 1 N–H and O–H groups in total. The van der Waals surface area contributed by atoms with Crippen LogP contribution in [0.5, 0.6) is 5.75 Å². The molecule has 1 aromatic carbocycles. The van der Waals surface area contributed by atoms with Crippen molar-refractivity contribution >= 4 is 10.9 Å². The molecule has 3 unspecified atom stereocenters. The van der Waals surface area contributed by atoms with Crippen LogP contribution in [0.3, 0.4) is 0 Å². The third-order valence-corrected chi connectivity index (χ3v) is 7.27. The van der Waals surface area contributed by atoms with Crippen LogP contribution in [0.4, 0.5) is 0 Å². The number of aliphatic hydroxyl groups is 1. The van der Waals surface area contributed by atoms with Gasteiger partial charge in [0, 0.05) is 30.3 Å². The number of ether oxygens (including phenoxy) is 1. The Kier molecular flexibility index (Phi) is 6.04. The number of aliphatic hydroxyl groups excluding tert-OH is 1. The maximum absolute atomic E-state index is 11.6. The molecule has 2 aromatic rings. The lowest BCUT2D eigenvalue weighted by molar-refractivity contribution is -0.990. The molecule has 4 heterocycles. The van der Waals surface area contributed by atoms with Gasteiger partial charge in [-0.2, -0.15) is 0 Å². The molecule has 2 bridgehead atoms. The Morgan fingerprint density at radius 1 is 1.32 bits per heavy atom. The van der Waals surface area contributed by atoms with Crippen LogP contribution in [0.2, 0.25) is 0 Å². The molecule has 3 saturated heterocycles. The van der Waals surface area contributed by atoms with Gasteiger partial charge < -0.3 is 26.7 Å². The third kappa shape index (κ3) is 3.22. The van der Waals surface area contributed by atoms with Gasteiger partial charge in [-0.25, -0.2) is 0 Å². The number of quaternary nitrogens is 1. The fourth-order valence-corrected chi connectivity index (χ4v) is 5.63. The molecule has 0 spiro atoms. The van der Waals surface area contributed by atoms with Gasteiger partial charge in [0.25, 0.3) is 0 Å². The van der Waals surface area contributed by atoms with Crippen molar-refractivity contribution in [3.05, 3.63) is 48.7 Å². The Hall–Kier alpha value is -1.62. The number of nitrogens with zero attached hydrogens (tertiary/aromatic N) is 2. The second-order valence-electron chi connectivity index (χ2n) is 8.58. The van der Waals surface area contributed by atoms with Gasteiger partial charge in [-0.1, -0.05) is 6.08 Å². The smallest absolute Gasteiger partial charge is 0.131 e. The van der Waals surface area contributed by atoms with E-state index < -0.39 is 6.10 Å². The summed E-state index contributed by atoms with van der Waals surface area (Å²) in [6.45, 7) is 10.9. The molecule has 1 aromatic heterocycles. The minimum absolute atomic E-state index is 0. The zero-order chi connectivity index (χ0) is 19.2. The molecule has 5 rings (SSSR count). The zero-order valence-corrected chi connectivity index (χ0v) is 17.8. The lowest BCUT2D eigenvalue weighted by Crippen LogP contribution is -3.00. The van der Waals surface area contributed by atoms with Gasteiger partial charge in [0.05, 0.1) is 31.8 Å². The maximum Gasteiger partial charge on any atom is 0.131 e. The predicted octanol–water partition coefficient (Wildman–Crippen LogP) is 1.10. The molecule has 5 atom stereocenters. The van der Waals surface area contributed by atoms with E-state index in [0.717, 1.165) is 46.2 Å². The largest absolute Gasteiger partial charge is 1.00 e. The minimum Gasteiger partial charge on any atom is -1.00 e. The molecule has 0 radical (unpaired) electrons. The number of hydrogen-bond donors (Lipinski definition) is 1. The van der Waals surface area contributed by atoms with Crippen molar-refractivity contribution in [2.75, 3.05) is 20.2 Å². The molecule has 3 aliphatic heterocycles. The molecule has 4 nitrogen and oxygen atoms in total. The summed E-state index contributed by atoms with van der Waals surface area (Å²) in [6.07, 6.45) is 5.76. The highest BCUT2D eigenvalue weighted by Gasteiger charge is 2.55. The van der Waals surface area contributed by atoms with E-state index in [2.05, 4.69) is 31.5 Å². The molecule has 28 heavy (non-hydrogen) atoms. The standard InChI is InChI=1S/C23H31N2O2.ClH/c1-5-16-14-25(15(2)3)11-9-17(16)12-22(25)23(26)19-8-10-24-21-7-6-18(27-4)13-20(19)21;/h5-8,10,13,15-17,22-23,26H,1,9,11-12,14H2,2-4H3;1H/q+1;/p-1/t16?,17?,22-,23-,25?;/m0./s1. The summed E-state index contributed by atoms with van der Waals surface area (Å²) in [6, 6.07) is 8.58. The molecule has 3 aliphatic rings. The quantitative estimate of drug-likeness (QED) is 0.601. The van der Waals surface area contributed by atoms with Gasteiger partial charge >= 0.3 is 0 Å². The summed E-state index contributed by atoms with van der Waals surface area (Å²) in [5, 5.41) is 12.6. The number of benzene rings is 1. The second kappa shape index (κ2) is 8.02. The fraction of sp³-hybridized carbons (Fsp3) is 0.522. The number of halogens is 1. The molecular formula is C23H31ClN2O2. The van der Waals surface area contributed by atoms with E-state index in [0.29, 0.717) is 17.9 Å². The summed E-state index contributed by atoms with van der Waals surface area (Å²) < 4.78 is 6.40. The molecule has 0 amide bonds. The lowest BCUT2D eigenvalue weighted by Gasteiger charge is -2.60. The number of fused-ring (bicyclic) bond motifs is 4.